The molecule has 6 aliphatic rings. The smallest absolute Gasteiger partial charge is 0.0656 e. The molecule has 6 rings (SSSR count). The summed E-state index contributed by atoms with van der Waals surface area (Å²) >= 11 is 0. The molecule has 0 bridgehead atoms. The van der Waals surface area contributed by atoms with Gasteiger partial charge in [0.05, 0.1) is 5.60 Å². The van der Waals surface area contributed by atoms with E-state index in [0.29, 0.717) is 5.41 Å². The van der Waals surface area contributed by atoms with Gasteiger partial charge in [-0.25, -0.2) is 0 Å². The topological polar surface area (TPSA) is 20.2 Å². The molecule has 12 heavy (non-hydrogen) atoms. The molecule has 0 saturated heterocycles. The van der Waals surface area contributed by atoms with Crippen molar-refractivity contribution < 1.29 is 5.11 Å². The highest BCUT2D eigenvalue weighted by Crippen LogP contribution is 3.07. The van der Waals surface area contributed by atoms with Crippen molar-refractivity contribution >= 4 is 0 Å². The highest BCUT2D eigenvalue weighted by molar-refractivity contribution is 5.52. The summed E-state index contributed by atoms with van der Waals surface area (Å²) in [5.41, 5.74) is 0.101. The Kier molecular flexibility index (Phi) is 0.470. The van der Waals surface area contributed by atoms with Gasteiger partial charge in [-0.05, 0) is 55.3 Å². The first-order chi connectivity index (χ1) is 5.62. The number of rotatable bonds is 1. The van der Waals surface area contributed by atoms with Crippen LogP contribution in [0.15, 0.2) is 0 Å². The lowest BCUT2D eigenvalue weighted by Gasteiger charge is -3.09. The number of aliphatic hydroxyl groups is 1. The second-order valence-corrected chi connectivity index (χ2v) is 6.38. The minimum Gasteiger partial charge on any atom is -0.390 e. The molecular weight excluding hydrogens is 148 g/mol. The summed E-state index contributed by atoms with van der Waals surface area (Å²) in [6.45, 7) is 4.10. The maximum atomic E-state index is 10.2. The maximum Gasteiger partial charge on any atom is 0.0656 e. The molecule has 1 heteroatoms. The van der Waals surface area contributed by atoms with E-state index in [1.54, 1.807) is 0 Å². The Labute approximate surface area is 72.2 Å². The van der Waals surface area contributed by atoms with Gasteiger partial charge < -0.3 is 5.11 Å². The van der Waals surface area contributed by atoms with Crippen molar-refractivity contribution in [3.63, 3.8) is 0 Å². The van der Waals surface area contributed by atoms with Crippen LogP contribution in [0.1, 0.15) is 13.8 Å². The normalized spacial score (nSPS) is 83.8. The molecule has 0 amide bonds. The van der Waals surface area contributed by atoms with E-state index in [0.717, 1.165) is 35.5 Å². The highest BCUT2D eigenvalue weighted by Gasteiger charge is 3.06. The van der Waals surface area contributed by atoms with Crippen molar-refractivity contribution in [2.45, 2.75) is 19.4 Å². The Morgan fingerprint density at radius 3 is 1.58 bits per heavy atom. The Morgan fingerprint density at radius 1 is 0.917 bits per heavy atom. The van der Waals surface area contributed by atoms with E-state index >= 15 is 0 Å². The Hall–Kier alpha value is -0.0400. The molecule has 0 radical (unpaired) electrons. The van der Waals surface area contributed by atoms with E-state index in [-0.39, 0.29) is 5.60 Å². The van der Waals surface area contributed by atoms with Crippen LogP contribution in [0, 0.1) is 46.8 Å². The molecule has 64 valence electrons. The zero-order valence-electron chi connectivity index (χ0n) is 7.49. The standard InChI is InChI=1S/C11H14O/c1-10(2,12)11-7-4-3-5(7)9(11)6(3)8(4)11/h3-9,12H,1-2H3. The maximum absolute atomic E-state index is 10.2. The molecule has 0 aromatic rings. The molecule has 0 aromatic heterocycles. The van der Waals surface area contributed by atoms with Crippen molar-refractivity contribution in [1.29, 1.82) is 0 Å². The summed E-state index contributed by atoms with van der Waals surface area (Å²) in [6.07, 6.45) is 0. The van der Waals surface area contributed by atoms with Crippen LogP contribution in [0.4, 0.5) is 0 Å². The third-order valence-corrected chi connectivity index (χ3v) is 6.54. The predicted octanol–water partition coefficient (Wildman–Crippen LogP) is 1.13. The quantitative estimate of drug-likeness (QED) is 0.612. The first kappa shape index (κ1) is 5.64. The molecule has 6 fully saturated rings. The van der Waals surface area contributed by atoms with Crippen LogP contribution in [0.5, 0.6) is 0 Å². The Balaban J connectivity index is 1.72. The van der Waals surface area contributed by atoms with Crippen LogP contribution in [0.3, 0.4) is 0 Å². The van der Waals surface area contributed by atoms with Gasteiger partial charge in [0.2, 0.25) is 0 Å². The van der Waals surface area contributed by atoms with E-state index in [1.807, 2.05) is 13.8 Å². The predicted molar refractivity (Wildman–Crippen MR) is 43.2 cm³/mol. The minimum absolute atomic E-state index is 0.359. The van der Waals surface area contributed by atoms with Crippen molar-refractivity contribution in [2.24, 2.45) is 46.8 Å². The van der Waals surface area contributed by atoms with Gasteiger partial charge in [0.15, 0.2) is 0 Å². The molecule has 0 heterocycles. The molecule has 0 atom stereocenters. The lowest BCUT2D eigenvalue weighted by molar-refractivity contribution is -0.636. The zero-order valence-corrected chi connectivity index (χ0v) is 7.49. The van der Waals surface area contributed by atoms with E-state index < -0.39 is 0 Å². The highest BCUT2D eigenvalue weighted by atomic mass is 16.3. The van der Waals surface area contributed by atoms with Gasteiger partial charge in [-0.3, -0.25) is 0 Å². The van der Waals surface area contributed by atoms with E-state index in [2.05, 4.69) is 0 Å². The Morgan fingerprint density at radius 2 is 1.33 bits per heavy atom. The molecule has 0 unspecified atom stereocenters. The van der Waals surface area contributed by atoms with E-state index in [4.69, 9.17) is 0 Å². The fraction of sp³-hybridized carbons (Fsp3) is 1.00. The minimum atomic E-state index is -0.359. The Bertz CT molecular complexity index is 274. The van der Waals surface area contributed by atoms with Crippen molar-refractivity contribution in [3.8, 4) is 0 Å². The van der Waals surface area contributed by atoms with E-state index in [9.17, 15) is 5.11 Å². The SMILES string of the molecule is CC(C)(O)C12C3C4C5C3C1C5C42. The van der Waals surface area contributed by atoms with Gasteiger partial charge in [-0.2, -0.15) is 0 Å². The summed E-state index contributed by atoms with van der Waals surface area (Å²) in [5.74, 6) is 7.46. The average molecular weight is 162 g/mol. The van der Waals surface area contributed by atoms with Gasteiger partial charge in [0.1, 0.15) is 0 Å². The van der Waals surface area contributed by atoms with Crippen LogP contribution in [0.25, 0.3) is 0 Å². The third-order valence-electron chi connectivity index (χ3n) is 6.54. The number of hydrogen-bond acceptors (Lipinski definition) is 1. The molecule has 0 aliphatic heterocycles. The summed E-state index contributed by atoms with van der Waals surface area (Å²) < 4.78 is 0. The van der Waals surface area contributed by atoms with Gasteiger partial charge in [-0.1, -0.05) is 0 Å². The lowest BCUT2D eigenvalue weighted by atomic mass is 8.95. The summed E-state index contributed by atoms with van der Waals surface area (Å²) in [4.78, 5) is 0. The van der Waals surface area contributed by atoms with Crippen LogP contribution in [0.2, 0.25) is 0 Å². The molecule has 0 aromatic carbocycles. The second kappa shape index (κ2) is 1.00. The van der Waals surface area contributed by atoms with Crippen LogP contribution < -0.4 is 0 Å². The van der Waals surface area contributed by atoms with Crippen molar-refractivity contribution in [3.05, 3.63) is 0 Å². The summed E-state index contributed by atoms with van der Waals surface area (Å²) in [6, 6.07) is 0. The largest absolute Gasteiger partial charge is 0.390 e. The number of hydrogen-bond donors (Lipinski definition) is 1. The van der Waals surface area contributed by atoms with Crippen LogP contribution in [-0.4, -0.2) is 10.7 Å². The monoisotopic (exact) mass is 162 g/mol. The summed E-state index contributed by atoms with van der Waals surface area (Å²) in [5, 5.41) is 10.2. The molecule has 0 spiro atoms. The van der Waals surface area contributed by atoms with Crippen molar-refractivity contribution in [1.82, 2.24) is 0 Å². The molecule has 6 saturated carbocycles. The molecular formula is C11H14O. The third kappa shape index (κ3) is 0.202. The second-order valence-electron chi connectivity index (χ2n) is 6.38. The van der Waals surface area contributed by atoms with Crippen molar-refractivity contribution in [2.75, 3.05) is 0 Å². The van der Waals surface area contributed by atoms with Gasteiger partial charge in [-0.15, -0.1) is 0 Å². The molecule has 1 N–H and O–H groups in total. The fourth-order valence-electron chi connectivity index (χ4n) is 6.66. The van der Waals surface area contributed by atoms with Gasteiger partial charge >= 0.3 is 0 Å². The van der Waals surface area contributed by atoms with Gasteiger partial charge in [0, 0.05) is 5.41 Å². The van der Waals surface area contributed by atoms with Crippen LogP contribution in [-0.2, 0) is 0 Å². The molecule has 6 aliphatic carbocycles. The summed E-state index contributed by atoms with van der Waals surface area (Å²) in [7, 11) is 0. The first-order valence-corrected chi connectivity index (χ1v) is 5.34. The van der Waals surface area contributed by atoms with Gasteiger partial charge in [0.25, 0.3) is 0 Å². The van der Waals surface area contributed by atoms with E-state index in [1.165, 1.54) is 5.92 Å². The first-order valence-electron chi connectivity index (χ1n) is 5.34. The van der Waals surface area contributed by atoms with Crippen LogP contribution >= 0.6 is 0 Å². The zero-order chi connectivity index (χ0) is 8.04. The molecule has 1 nitrogen and oxygen atoms in total. The fourth-order valence-corrected chi connectivity index (χ4v) is 6.66. The average Bonchev–Trinajstić information content (AvgIpc) is 2.03. The lowest BCUT2D eigenvalue weighted by Crippen LogP contribution is -3.08.